The first kappa shape index (κ1) is 16.4. The molecule has 25 heavy (non-hydrogen) atoms. The summed E-state index contributed by atoms with van der Waals surface area (Å²) in [6.07, 6.45) is 4.54. The molecular formula is C19H26N4O2. The zero-order valence-corrected chi connectivity index (χ0v) is 15.2. The van der Waals surface area contributed by atoms with Gasteiger partial charge in [0, 0.05) is 24.9 Å². The van der Waals surface area contributed by atoms with Crippen LogP contribution in [0.1, 0.15) is 61.5 Å². The first-order chi connectivity index (χ1) is 12.0. The quantitative estimate of drug-likeness (QED) is 0.906. The predicted octanol–water partition coefficient (Wildman–Crippen LogP) is 3.02. The number of furan rings is 1. The second kappa shape index (κ2) is 6.32. The highest BCUT2D eigenvalue weighted by molar-refractivity contribution is 5.79. The fourth-order valence-electron chi connectivity index (χ4n) is 3.87. The van der Waals surface area contributed by atoms with Crippen molar-refractivity contribution in [3.05, 3.63) is 35.3 Å². The molecule has 1 aliphatic carbocycles. The molecule has 2 aliphatic rings. The van der Waals surface area contributed by atoms with Crippen molar-refractivity contribution in [2.75, 3.05) is 13.1 Å². The number of nitrogens with one attached hydrogen (secondary N) is 1. The monoisotopic (exact) mass is 342 g/mol. The van der Waals surface area contributed by atoms with Crippen LogP contribution in [0, 0.1) is 18.8 Å². The third kappa shape index (κ3) is 3.22. The minimum atomic E-state index is 0.148. The lowest BCUT2D eigenvalue weighted by Gasteiger charge is -2.15. The number of nitrogens with zero attached hydrogens (tertiary/aromatic N) is 3. The number of hydrogen-bond acceptors (Lipinski definition) is 4. The molecule has 6 heteroatoms. The number of amides is 1. The van der Waals surface area contributed by atoms with Gasteiger partial charge in [0.05, 0.1) is 12.7 Å². The van der Waals surface area contributed by atoms with E-state index >= 15 is 0 Å². The molecule has 1 aliphatic heterocycles. The van der Waals surface area contributed by atoms with Gasteiger partial charge >= 0.3 is 0 Å². The van der Waals surface area contributed by atoms with Crippen LogP contribution in [0.3, 0.4) is 0 Å². The van der Waals surface area contributed by atoms with Gasteiger partial charge in [0.15, 0.2) is 5.82 Å². The van der Waals surface area contributed by atoms with Crippen LogP contribution in [0.4, 0.5) is 0 Å². The summed E-state index contributed by atoms with van der Waals surface area (Å²) in [5, 5.41) is 7.50. The van der Waals surface area contributed by atoms with E-state index in [1.807, 2.05) is 17.9 Å². The predicted molar refractivity (Wildman–Crippen MR) is 93.2 cm³/mol. The summed E-state index contributed by atoms with van der Waals surface area (Å²) < 4.78 is 5.45. The van der Waals surface area contributed by atoms with E-state index in [4.69, 9.17) is 9.40 Å². The van der Waals surface area contributed by atoms with Crippen LogP contribution in [0.2, 0.25) is 0 Å². The van der Waals surface area contributed by atoms with Crippen LogP contribution in [0.5, 0.6) is 0 Å². The molecule has 0 spiro atoms. The summed E-state index contributed by atoms with van der Waals surface area (Å²) in [6.45, 7) is 7.73. The number of rotatable bonds is 5. The van der Waals surface area contributed by atoms with Gasteiger partial charge in [0.2, 0.25) is 5.91 Å². The molecule has 1 N–H and O–H groups in total. The Hall–Kier alpha value is -2.11. The van der Waals surface area contributed by atoms with Gasteiger partial charge in [-0.25, -0.2) is 4.98 Å². The van der Waals surface area contributed by atoms with Gasteiger partial charge in [0.1, 0.15) is 11.6 Å². The third-order valence-electron chi connectivity index (χ3n) is 5.61. The van der Waals surface area contributed by atoms with E-state index in [1.54, 1.807) is 6.26 Å². The lowest BCUT2D eigenvalue weighted by Crippen LogP contribution is -2.30. The maximum absolute atomic E-state index is 12.8. The number of carbonyl (C=O) groups is 1. The van der Waals surface area contributed by atoms with Crippen molar-refractivity contribution in [1.29, 1.82) is 0 Å². The number of hydrogen-bond donors (Lipinski definition) is 1. The van der Waals surface area contributed by atoms with Gasteiger partial charge in [-0.15, -0.1) is 0 Å². The first-order valence-electron chi connectivity index (χ1n) is 9.26. The molecule has 1 saturated carbocycles. The summed E-state index contributed by atoms with van der Waals surface area (Å²) >= 11 is 0. The molecule has 0 unspecified atom stereocenters. The second-order valence-electron chi connectivity index (χ2n) is 7.84. The van der Waals surface area contributed by atoms with Crippen molar-refractivity contribution in [3.63, 3.8) is 0 Å². The molecule has 0 aromatic carbocycles. The average Bonchev–Trinajstić information content (AvgIpc) is 3.00. The Bertz CT molecular complexity index is 759. The van der Waals surface area contributed by atoms with Crippen molar-refractivity contribution in [1.82, 2.24) is 20.1 Å². The number of aryl methyl sites for hydroxylation is 1. The SMILES string of the molecule is Cc1ccoc1CC(=O)N1C[C@H](c2nc(C(C)C)n[nH]2)[C@@H](C2CC2)C1. The number of aromatic nitrogens is 3. The Morgan fingerprint density at radius 1 is 1.40 bits per heavy atom. The van der Waals surface area contributed by atoms with Crippen molar-refractivity contribution in [2.24, 2.45) is 11.8 Å². The number of carbonyl (C=O) groups excluding carboxylic acids is 1. The minimum absolute atomic E-state index is 0.148. The molecule has 0 radical (unpaired) electrons. The zero-order valence-electron chi connectivity index (χ0n) is 15.2. The summed E-state index contributed by atoms with van der Waals surface area (Å²) in [6, 6.07) is 1.91. The Balaban J connectivity index is 1.50. The van der Waals surface area contributed by atoms with E-state index in [2.05, 4.69) is 24.0 Å². The highest BCUT2D eigenvalue weighted by Crippen LogP contribution is 2.47. The van der Waals surface area contributed by atoms with E-state index in [0.29, 0.717) is 18.3 Å². The zero-order chi connectivity index (χ0) is 17.6. The van der Waals surface area contributed by atoms with Gasteiger partial charge in [0.25, 0.3) is 0 Å². The van der Waals surface area contributed by atoms with Gasteiger partial charge in [-0.3, -0.25) is 9.89 Å². The van der Waals surface area contributed by atoms with E-state index in [-0.39, 0.29) is 11.8 Å². The van der Waals surface area contributed by atoms with Crippen molar-refractivity contribution < 1.29 is 9.21 Å². The van der Waals surface area contributed by atoms with Crippen LogP contribution in [0.25, 0.3) is 0 Å². The lowest BCUT2D eigenvalue weighted by molar-refractivity contribution is -0.129. The summed E-state index contributed by atoms with van der Waals surface area (Å²) in [5.74, 6) is 4.54. The molecule has 1 saturated heterocycles. The van der Waals surface area contributed by atoms with Gasteiger partial charge in [-0.05, 0) is 43.2 Å². The molecule has 2 fully saturated rings. The molecular weight excluding hydrogens is 316 g/mol. The topological polar surface area (TPSA) is 75.0 Å². The lowest BCUT2D eigenvalue weighted by atomic mass is 9.91. The molecule has 0 bridgehead atoms. The molecule has 6 nitrogen and oxygen atoms in total. The molecule has 2 aromatic rings. The van der Waals surface area contributed by atoms with Crippen LogP contribution < -0.4 is 0 Å². The minimum Gasteiger partial charge on any atom is -0.469 e. The molecule has 1 amide bonds. The Kier molecular flexibility index (Phi) is 4.13. The third-order valence-corrected chi connectivity index (χ3v) is 5.61. The number of aromatic amines is 1. The molecule has 4 rings (SSSR count). The maximum Gasteiger partial charge on any atom is 0.230 e. The summed E-state index contributed by atoms with van der Waals surface area (Å²) in [5.41, 5.74) is 1.04. The molecule has 3 heterocycles. The second-order valence-corrected chi connectivity index (χ2v) is 7.84. The highest BCUT2D eigenvalue weighted by atomic mass is 16.3. The fourth-order valence-corrected chi connectivity index (χ4v) is 3.87. The van der Waals surface area contributed by atoms with Crippen LogP contribution in [-0.4, -0.2) is 39.1 Å². The maximum atomic E-state index is 12.8. The highest BCUT2D eigenvalue weighted by Gasteiger charge is 2.45. The Morgan fingerprint density at radius 3 is 2.80 bits per heavy atom. The van der Waals surface area contributed by atoms with E-state index in [0.717, 1.165) is 42.0 Å². The molecule has 2 aromatic heterocycles. The van der Waals surface area contributed by atoms with Gasteiger partial charge < -0.3 is 9.32 Å². The average molecular weight is 342 g/mol. The normalized spacial score (nSPS) is 23.6. The van der Waals surface area contributed by atoms with Gasteiger partial charge in [-0.1, -0.05) is 13.8 Å². The summed E-state index contributed by atoms with van der Waals surface area (Å²) in [4.78, 5) is 19.5. The largest absolute Gasteiger partial charge is 0.469 e. The van der Waals surface area contributed by atoms with Crippen LogP contribution in [-0.2, 0) is 11.2 Å². The molecule has 134 valence electrons. The van der Waals surface area contributed by atoms with Crippen LogP contribution >= 0.6 is 0 Å². The number of H-pyrrole nitrogens is 1. The van der Waals surface area contributed by atoms with E-state index in [9.17, 15) is 4.79 Å². The van der Waals surface area contributed by atoms with Crippen molar-refractivity contribution in [2.45, 2.75) is 51.9 Å². The Morgan fingerprint density at radius 2 is 2.20 bits per heavy atom. The van der Waals surface area contributed by atoms with E-state index in [1.165, 1.54) is 12.8 Å². The fraction of sp³-hybridized carbons (Fsp3) is 0.632. The standard InChI is InChI=1S/C19H26N4O2/c1-11(2)18-20-19(22-21-18)15-10-23(9-14(15)13-4-5-13)17(24)8-16-12(3)6-7-25-16/h6-7,11,13-15H,4-5,8-10H2,1-3H3,(H,20,21,22)/t14-,15+/m1/s1. The Labute approximate surface area is 148 Å². The van der Waals surface area contributed by atoms with Crippen molar-refractivity contribution >= 4 is 5.91 Å². The number of likely N-dealkylation sites (tertiary alicyclic amines) is 1. The summed E-state index contributed by atoms with van der Waals surface area (Å²) in [7, 11) is 0. The van der Waals surface area contributed by atoms with Gasteiger partial charge in [-0.2, -0.15) is 5.10 Å². The van der Waals surface area contributed by atoms with E-state index < -0.39 is 0 Å². The first-order valence-corrected chi connectivity index (χ1v) is 9.26. The molecule has 2 atom stereocenters. The van der Waals surface area contributed by atoms with Crippen LogP contribution in [0.15, 0.2) is 16.7 Å². The van der Waals surface area contributed by atoms with Crippen molar-refractivity contribution in [3.8, 4) is 0 Å². The smallest absolute Gasteiger partial charge is 0.230 e.